The number of ether oxygens (including phenoxy) is 4. The lowest BCUT2D eigenvalue weighted by molar-refractivity contribution is 0.0211. The summed E-state index contributed by atoms with van der Waals surface area (Å²) in [6.45, 7) is 8.96. The molecule has 3 aromatic carbocycles. The quantitative estimate of drug-likeness (QED) is 0.448. The zero-order valence-electron chi connectivity index (χ0n) is 23.8. The average Bonchev–Trinajstić information content (AvgIpc) is 3.02. The number of nitrogens with zero attached hydrogens (tertiary/aromatic N) is 2. The Hall–Kier alpha value is -3.62. The molecule has 0 radical (unpaired) electrons. The third-order valence-corrected chi connectivity index (χ3v) is 6.74. The van der Waals surface area contributed by atoms with E-state index in [-0.39, 0.29) is 0 Å². The maximum absolute atomic E-state index is 5.91. The van der Waals surface area contributed by atoms with Crippen LogP contribution in [-0.4, -0.2) is 83.9 Å². The number of hydrogen-bond acceptors (Lipinski definition) is 6. The third kappa shape index (κ3) is 11.4. The summed E-state index contributed by atoms with van der Waals surface area (Å²) in [5, 5.41) is 0. The van der Waals surface area contributed by atoms with E-state index in [1.165, 1.54) is 5.56 Å². The molecule has 41 heavy (non-hydrogen) atoms. The summed E-state index contributed by atoms with van der Waals surface area (Å²) in [4.78, 5) is 4.65. The standard InChI is InChI=1S/C35H40N2O4/c1-2-31-8-10-32(11-9-31)12-13-33-14-16-35(17-15-33)37-20-24-40-28-26-38-22-18-36(30-34-6-4-3-5-7-34)19-23-39-27-29-41-25-21-37/h1,3-11,14-17H,18-30H2. The second kappa shape index (κ2) is 17.9. The summed E-state index contributed by atoms with van der Waals surface area (Å²) >= 11 is 0. The monoisotopic (exact) mass is 552 g/mol. The fourth-order valence-corrected chi connectivity index (χ4v) is 4.41. The van der Waals surface area contributed by atoms with Gasteiger partial charge in [0.2, 0.25) is 0 Å². The molecule has 0 aliphatic carbocycles. The van der Waals surface area contributed by atoms with E-state index in [0.717, 1.165) is 55.1 Å². The minimum absolute atomic E-state index is 0.572. The van der Waals surface area contributed by atoms with Gasteiger partial charge in [-0.2, -0.15) is 0 Å². The van der Waals surface area contributed by atoms with Gasteiger partial charge in [0.05, 0.1) is 52.9 Å². The second-order valence-corrected chi connectivity index (χ2v) is 9.72. The first-order valence-corrected chi connectivity index (χ1v) is 14.3. The van der Waals surface area contributed by atoms with Crippen LogP contribution >= 0.6 is 0 Å². The van der Waals surface area contributed by atoms with Gasteiger partial charge in [0, 0.05) is 55.1 Å². The van der Waals surface area contributed by atoms with Gasteiger partial charge in [-0.15, -0.1) is 6.42 Å². The van der Waals surface area contributed by atoms with E-state index >= 15 is 0 Å². The van der Waals surface area contributed by atoms with Gasteiger partial charge in [-0.1, -0.05) is 48.1 Å². The minimum Gasteiger partial charge on any atom is -0.378 e. The number of terminal acetylenes is 1. The van der Waals surface area contributed by atoms with Gasteiger partial charge < -0.3 is 23.8 Å². The van der Waals surface area contributed by atoms with E-state index in [1.807, 2.05) is 42.5 Å². The van der Waals surface area contributed by atoms with Crippen molar-refractivity contribution in [1.29, 1.82) is 0 Å². The second-order valence-electron chi connectivity index (χ2n) is 9.72. The Balaban J connectivity index is 1.26. The molecular weight excluding hydrogens is 512 g/mol. The van der Waals surface area contributed by atoms with Crippen LogP contribution in [0.4, 0.5) is 5.69 Å². The van der Waals surface area contributed by atoms with Crippen molar-refractivity contribution in [2.45, 2.75) is 6.54 Å². The topological polar surface area (TPSA) is 43.4 Å². The van der Waals surface area contributed by atoms with E-state index < -0.39 is 0 Å². The highest BCUT2D eigenvalue weighted by Gasteiger charge is 2.09. The molecule has 0 unspecified atom stereocenters. The zero-order chi connectivity index (χ0) is 28.4. The van der Waals surface area contributed by atoms with Crippen LogP contribution in [0, 0.1) is 24.2 Å². The molecule has 0 aromatic heterocycles. The maximum Gasteiger partial charge on any atom is 0.0701 e. The lowest BCUT2D eigenvalue weighted by atomic mass is 10.1. The Labute approximate surface area is 245 Å². The van der Waals surface area contributed by atoms with E-state index in [0.29, 0.717) is 52.9 Å². The SMILES string of the molecule is C#Cc1ccc(C#Cc2ccc(N3CCOCCOCCN(Cc4ccccc4)CCOCCOCC3)cc2)cc1. The molecule has 1 aliphatic heterocycles. The molecule has 0 N–H and O–H groups in total. The van der Waals surface area contributed by atoms with Crippen molar-refractivity contribution in [2.75, 3.05) is 83.9 Å². The summed E-state index contributed by atoms with van der Waals surface area (Å²) in [6, 6.07) is 26.5. The molecule has 0 saturated carbocycles. The summed E-state index contributed by atoms with van der Waals surface area (Å²) in [7, 11) is 0. The average molecular weight is 553 g/mol. The molecule has 1 saturated heterocycles. The zero-order valence-corrected chi connectivity index (χ0v) is 23.8. The largest absolute Gasteiger partial charge is 0.378 e. The van der Waals surface area contributed by atoms with E-state index in [2.05, 4.69) is 64.0 Å². The Morgan fingerprint density at radius 2 is 1.00 bits per heavy atom. The van der Waals surface area contributed by atoms with Crippen molar-refractivity contribution in [3.05, 3.63) is 101 Å². The van der Waals surface area contributed by atoms with Crippen LogP contribution in [0.5, 0.6) is 0 Å². The van der Waals surface area contributed by atoms with Crippen LogP contribution in [0.2, 0.25) is 0 Å². The Kier molecular flexibility index (Phi) is 13.3. The van der Waals surface area contributed by atoms with Gasteiger partial charge in [0.15, 0.2) is 0 Å². The van der Waals surface area contributed by atoms with Gasteiger partial charge in [-0.3, -0.25) is 4.90 Å². The molecule has 3 aromatic rings. The van der Waals surface area contributed by atoms with Crippen molar-refractivity contribution in [3.8, 4) is 24.2 Å². The van der Waals surface area contributed by atoms with E-state index in [4.69, 9.17) is 25.4 Å². The number of anilines is 1. The predicted molar refractivity (Wildman–Crippen MR) is 164 cm³/mol. The summed E-state index contributed by atoms with van der Waals surface area (Å²) in [5.74, 6) is 9.06. The molecule has 0 amide bonds. The number of rotatable bonds is 3. The van der Waals surface area contributed by atoms with E-state index in [1.54, 1.807) is 0 Å². The molecule has 0 bridgehead atoms. The summed E-state index contributed by atoms with van der Waals surface area (Å²) < 4.78 is 23.6. The molecule has 6 heteroatoms. The maximum atomic E-state index is 5.91. The highest BCUT2D eigenvalue weighted by molar-refractivity contribution is 5.52. The molecule has 6 nitrogen and oxygen atoms in total. The molecule has 0 spiro atoms. The smallest absolute Gasteiger partial charge is 0.0701 e. The summed E-state index contributed by atoms with van der Waals surface area (Å²) in [6.07, 6.45) is 5.43. The Bertz CT molecular complexity index is 1220. The van der Waals surface area contributed by atoms with Crippen molar-refractivity contribution >= 4 is 5.69 Å². The number of hydrogen-bond donors (Lipinski definition) is 0. The Morgan fingerprint density at radius 3 is 1.51 bits per heavy atom. The molecule has 0 atom stereocenters. The predicted octanol–water partition coefficient (Wildman–Crippen LogP) is 4.46. The molecule has 214 valence electrons. The lowest BCUT2D eigenvalue weighted by Crippen LogP contribution is -2.33. The molecular formula is C35H40N2O4. The fourth-order valence-electron chi connectivity index (χ4n) is 4.41. The van der Waals surface area contributed by atoms with Crippen molar-refractivity contribution < 1.29 is 18.9 Å². The Morgan fingerprint density at radius 1 is 0.537 bits per heavy atom. The van der Waals surface area contributed by atoms with Crippen molar-refractivity contribution in [1.82, 2.24) is 4.90 Å². The first-order valence-electron chi connectivity index (χ1n) is 14.3. The molecule has 1 heterocycles. The van der Waals surface area contributed by atoms with Gasteiger partial charge >= 0.3 is 0 Å². The highest BCUT2D eigenvalue weighted by Crippen LogP contribution is 2.15. The van der Waals surface area contributed by atoms with Gasteiger partial charge in [0.25, 0.3) is 0 Å². The van der Waals surface area contributed by atoms with Gasteiger partial charge in [0.1, 0.15) is 0 Å². The summed E-state index contributed by atoms with van der Waals surface area (Å²) in [5.41, 5.74) is 5.16. The van der Waals surface area contributed by atoms with Crippen LogP contribution in [0.25, 0.3) is 0 Å². The minimum atomic E-state index is 0.572. The van der Waals surface area contributed by atoms with Gasteiger partial charge in [-0.25, -0.2) is 0 Å². The number of benzene rings is 3. The van der Waals surface area contributed by atoms with Gasteiger partial charge in [-0.05, 0) is 54.1 Å². The lowest BCUT2D eigenvalue weighted by Gasteiger charge is -2.25. The van der Waals surface area contributed by atoms with Crippen molar-refractivity contribution in [3.63, 3.8) is 0 Å². The van der Waals surface area contributed by atoms with Crippen LogP contribution in [0.1, 0.15) is 22.3 Å². The first kappa shape index (κ1) is 30.3. The third-order valence-electron chi connectivity index (χ3n) is 6.74. The molecule has 1 fully saturated rings. The van der Waals surface area contributed by atoms with Crippen LogP contribution in [0.3, 0.4) is 0 Å². The van der Waals surface area contributed by atoms with Crippen LogP contribution in [0.15, 0.2) is 78.9 Å². The molecule has 4 rings (SSSR count). The van der Waals surface area contributed by atoms with Crippen LogP contribution < -0.4 is 4.90 Å². The van der Waals surface area contributed by atoms with Crippen molar-refractivity contribution in [2.24, 2.45) is 0 Å². The van der Waals surface area contributed by atoms with E-state index in [9.17, 15) is 0 Å². The highest BCUT2D eigenvalue weighted by atomic mass is 16.5. The molecule has 1 aliphatic rings. The first-order chi connectivity index (χ1) is 20.3. The normalized spacial score (nSPS) is 16.9. The fraction of sp³-hybridized carbons (Fsp3) is 0.371. The van der Waals surface area contributed by atoms with Crippen LogP contribution in [-0.2, 0) is 25.5 Å².